The Labute approximate surface area is 190 Å². The molecule has 4 aromatic carbocycles. The van der Waals surface area contributed by atoms with E-state index in [2.05, 4.69) is 0 Å². The number of ether oxygens (including phenoxy) is 2. The van der Waals surface area contributed by atoms with Crippen LogP contribution in [0.3, 0.4) is 0 Å². The summed E-state index contributed by atoms with van der Waals surface area (Å²) < 4.78 is 11.3. The molecule has 0 N–H and O–H groups in total. The molecular weight excluding hydrogens is 418 g/mol. The number of nitro groups is 1. The Balaban J connectivity index is 1.44. The molecule has 0 aliphatic carbocycles. The predicted octanol–water partition coefficient (Wildman–Crippen LogP) is 6.23. The van der Waals surface area contributed by atoms with Crippen LogP contribution in [0.5, 0.6) is 11.5 Å². The summed E-state index contributed by atoms with van der Waals surface area (Å²) in [6.45, 7) is 0.240. The number of methoxy groups -OCH3 is 1. The Hall–Kier alpha value is -4.45. The van der Waals surface area contributed by atoms with E-state index >= 15 is 0 Å². The first-order valence-electron chi connectivity index (χ1n) is 10.3. The fourth-order valence-corrected chi connectivity index (χ4v) is 3.39. The van der Waals surface area contributed by atoms with E-state index in [-0.39, 0.29) is 18.1 Å². The first-order chi connectivity index (χ1) is 16.0. The van der Waals surface area contributed by atoms with Crippen LogP contribution in [0.1, 0.15) is 21.5 Å². The highest BCUT2D eigenvalue weighted by molar-refractivity contribution is 6.08. The van der Waals surface area contributed by atoms with Crippen molar-refractivity contribution in [3.63, 3.8) is 0 Å². The van der Waals surface area contributed by atoms with Crippen molar-refractivity contribution in [3.05, 3.63) is 118 Å². The highest BCUT2D eigenvalue weighted by atomic mass is 16.6. The van der Waals surface area contributed by atoms with Crippen LogP contribution in [-0.4, -0.2) is 17.8 Å². The van der Waals surface area contributed by atoms with E-state index in [1.54, 1.807) is 37.5 Å². The van der Waals surface area contributed by atoms with Gasteiger partial charge in [0.2, 0.25) is 0 Å². The number of carbonyl (C=O) groups is 1. The molecule has 0 amide bonds. The molecule has 164 valence electrons. The Kier molecular flexibility index (Phi) is 6.45. The zero-order chi connectivity index (χ0) is 23.2. The number of carbonyl (C=O) groups excluding carboxylic acids is 1. The molecule has 0 fully saturated rings. The summed E-state index contributed by atoms with van der Waals surface area (Å²) in [5, 5.41) is 12.9. The molecule has 0 heterocycles. The lowest BCUT2D eigenvalue weighted by atomic mass is 10.0. The van der Waals surface area contributed by atoms with Gasteiger partial charge in [-0.15, -0.1) is 0 Å². The molecule has 0 aromatic heterocycles. The molecule has 0 saturated carbocycles. The minimum atomic E-state index is -0.440. The number of hydrogen-bond acceptors (Lipinski definition) is 5. The molecule has 0 bridgehead atoms. The third-order valence-electron chi connectivity index (χ3n) is 5.19. The second-order valence-corrected chi connectivity index (χ2v) is 7.38. The van der Waals surface area contributed by atoms with Gasteiger partial charge in [0.05, 0.1) is 12.0 Å². The fourth-order valence-electron chi connectivity index (χ4n) is 3.39. The van der Waals surface area contributed by atoms with Gasteiger partial charge in [-0.3, -0.25) is 14.9 Å². The van der Waals surface area contributed by atoms with Crippen molar-refractivity contribution < 1.29 is 19.2 Å². The molecule has 4 aromatic rings. The highest BCUT2D eigenvalue weighted by Gasteiger charge is 2.08. The minimum Gasteiger partial charge on any atom is -0.493 e. The van der Waals surface area contributed by atoms with Gasteiger partial charge >= 0.3 is 0 Å². The maximum absolute atomic E-state index is 12.6. The first kappa shape index (κ1) is 21.8. The topological polar surface area (TPSA) is 78.7 Å². The van der Waals surface area contributed by atoms with Crippen molar-refractivity contribution in [1.29, 1.82) is 0 Å². The number of rotatable bonds is 8. The van der Waals surface area contributed by atoms with Crippen molar-refractivity contribution in [3.8, 4) is 11.5 Å². The number of benzene rings is 4. The van der Waals surface area contributed by atoms with E-state index in [1.165, 1.54) is 18.2 Å². The molecule has 4 rings (SSSR count). The van der Waals surface area contributed by atoms with Gasteiger partial charge in [-0.1, -0.05) is 48.5 Å². The normalized spacial score (nSPS) is 10.9. The van der Waals surface area contributed by atoms with Gasteiger partial charge in [-0.2, -0.15) is 0 Å². The standard InChI is InChI=1S/C27H21NO5/c1-32-27-16-19(8-14-25(29)23-11-10-21-4-2-3-5-22(21)17-23)9-15-26(27)33-18-20-6-12-24(13-7-20)28(30)31/h2-17H,18H2,1H3/b14-8+. The van der Waals surface area contributed by atoms with Gasteiger partial charge < -0.3 is 9.47 Å². The lowest BCUT2D eigenvalue weighted by Gasteiger charge is -2.11. The van der Waals surface area contributed by atoms with Crippen LogP contribution in [0.4, 0.5) is 5.69 Å². The Morgan fingerprint density at radius 3 is 2.39 bits per heavy atom. The summed E-state index contributed by atoms with van der Waals surface area (Å²) in [6, 6.07) is 25.1. The molecule has 6 heteroatoms. The molecule has 33 heavy (non-hydrogen) atoms. The van der Waals surface area contributed by atoms with Gasteiger partial charge in [-0.25, -0.2) is 0 Å². The monoisotopic (exact) mass is 439 g/mol. The second kappa shape index (κ2) is 9.78. The fraction of sp³-hybridized carbons (Fsp3) is 0.0741. The number of nitro benzene ring substituents is 1. The van der Waals surface area contributed by atoms with Crippen molar-refractivity contribution in [2.45, 2.75) is 6.61 Å². The average Bonchev–Trinajstić information content (AvgIpc) is 2.86. The maximum Gasteiger partial charge on any atom is 0.269 e. The quantitative estimate of drug-likeness (QED) is 0.141. The number of nitrogens with zero attached hydrogens (tertiary/aromatic N) is 1. The lowest BCUT2D eigenvalue weighted by Crippen LogP contribution is -1.98. The van der Waals surface area contributed by atoms with Gasteiger partial charge in [-0.05, 0) is 58.3 Å². The Bertz CT molecular complexity index is 1340. The van der Waals surface area contributed by atoms with Gasteiger partial charge in [0.15, 0.2) is 17.3 Å². The van der Waals surface area contributed by atoms with Crippen molar-refractivity contribution in [2.75, 3.05) is 7.11 Å². The van der Waals surface area contributed by atoms with Crippen LogP contribution in [0.25, 0.3) is 16.8 Å². The van der Waals surface area contributed by atoms with Crippen molar-refractivity contribution >= 4 is 28.3 Å². The number of hydrogen-bond donors (Lipinski definition) is 0. The molecule has 0 aliphatic heterocycles. The van der Waals surface area contributed by atoms with Crippen LogP contribution in [0, 0.1) is 10.1 Å². The van der Waals surface area contributed by atoms with Gasteiger partial charge in [0.25, 0.3) is 5.69 Å². The molecule has 0 atom stereocenters. The van der Waals surface area contributed by atoms with E-state index in [9.17, 15) is 14.9 Å². The van der Waals surface area contributed by atoms with Crippen molar-refractivity contribution in [2.24, 2.45) is 0 Å². The maximum atomic E-state index is 12.6. The third kappa shape index (κ3) is 5.25. The number of ketones is 1. The van der Waals surface area contributed by atoms with Crippen LogP contribution < -0.4 is 9.47 Å². The number of allylic oxidation sites excluding steroid dienone is 1. The van der Waals surface area contributed by atoms with Crippen LogP contribution in [-0.2, 0) is 6.61 Å². The zero-order valence-electron chi connectivity index (χ0n) is 17.9. The van der Waals surface area contributed by atoms with Gasteiger partial charge in [0.1, 0.15) is 6.61 Å². The molecule has 0 radical (unpaired) electrons. The smallest absolute Gasteiger partial charge is 0.269 e. The third-order valence-corrected chi connectivity index (χ3v) is 5.19. The molecular formula is C27H21NO5. The van der Waals surface area contributed by atoms with E-state index in [1.807, 2.05) is 48.5 Å². The predicted molar refractivity (Wildman–Crippen MR) is 128 cm³/mol. The van der Waals surface area contributed by atoms with Crippen molar-refractivity contribution in [1.82, 2.24) is 0 Å². The highest BCUT2D eigenvalue weighted by Crippen LogP contribution is 2.29. The summed E-state index contributed by atoms with van der Waals surface area (Å²) >= 11 is 0. The minimum absolute atomic E-state index is 0.0331. The van der Waals surface area contributed by atoms with E-state index in [0.29, 0.717) is 17.1 Å². The van der Waals surface area contributed by atoms with Crippen LogP contribution in [0.15, 0.2) is 91.0 Å². The largest absolute Gasteiger partial charge is 0.493 e. The SMILES string of the molecule is COc1cc(/C=C/C(=O)c2ccc3ccccc3c2)ccc1OCc1ccc([N+](=O)[O-])cc1. The summed E-state index contributed by atoms with van der Waals surface area (Å²) in [7, 11) is 1.54. The number of fused-ring (bicyclic) bond motifs is 1. The lowest BCUT2D eigenvalue weighted by molar-refractivity contribution is -0.384. The van der Waals surface area contributed by atoms with Crippen LogP contribution >= 0.6 is 0 Å². The second-order valence-electron chi connectivity index (χ2n) is 7.38. The van der Waals surface area contributed by atoms with Crippen LogP contribution in [0.2, 0.25) is 0 Å². The molecule has 0 aliphatic rings. The van der Waals surface area contributed by atoms with E-state index < -0.39 is 4.92 Å². The Morgan fingerprint density at radius 2 is 1.67 bits per heavy atom. The van der Waals surface area contributed by atoms with E-state index in [0.717, 1.165) is 21.9 Å². The summed E-state index contributed by atoms with van der Waals surface area (Å²) in [4.78, 5) is 23.0. The summed E-state index contributed by atoms with van der Waals surface area (Å²) in [5.41, 5.74) is 2.25. The molecule has 0 saturated heterocycles. The average molecular weight is 439 g/mol. The van der Waals surface area contributed by atoms with Gasteiger partial charge in [0, 0.05) is 17.7 Å². The van der Waals surface area contributed by atoms with E-state index in [4.69, 9.17) is 9.47 Å². The molecule has 0 unspecified atom stereocenters. The summed E-state index contributed by atoms with van der Waals surface area (Å²) in [5.74, 6) is 0.976. The molecule has 6 nitrogen and oxygen atoms in total. The molecule has 0 spiro atoms. The summed E-state index contributed by atoms with van der Waals surface area (Å²) in [6.07, 6.45) is 3.27. The number of non-ortho nitro benzene ring substituents is 1. The zero-order valence-corrected chi connectivity index (χ0v) is 17.9. The first-order valence-corrected chi connectivity index (χ1v) is 10.3. The Morgan fingerprint density at radius 1 is 0.909 bits per heavy atom.